The molecule has 0 unspecified atom stereocenters. The van der Waals surface area contributed by atoms with E-state index >= 15 is 0 Å². The molecule has 0 radical (unpaired) electrons. The fourth-order valence-corrected chi connectivity index (χ4v) is 6.75. The van der Waals surface area contributed by atoms with Crippen LogP contribution in [0.3, 0.4) is 0 Å². The number of allylic oxidation sites excluding steroid dienone is 1. The van der Waals surface area contributed by atoms with Crippen molar-refractivity contribution >= 4 is 45.3 Å². The Balaban J connectivity index is 1.66. The normalized spacial score (nSPS) is 14.1. The molecule has 1 aliphatic heterocycles. The van der Waals surface area contributed by atoms with E-state index in [0.29, 0.717) is 55.8 Å². The van der Waals surface area contributed by atoms with E-state index in [1.807, 2.05) is 43.3 Å². The van der Waals surface area contributed by atoms with Gasteiger partial charge in [0.05, 0.1) is 49.3 Å². The third-order valence-electron chi connectivity index (χ3n) is 7.45. The number of carbonyl (C=O) groups excluding carboxylic acids is 2. The first-order valence-electron chi connectivity index (χ1n) is 15.4. The predicted octanol–water partition coefficient (Wildman–Crippen LogP) is 5.10. The number of fused-ring (bicyclic) bond motifs is 1. The molecule has 5 rings (SSSR count). The van der Waals surface area contributed by atoms with Gasteiger partial charge >= 0.3 is 11.9 Å². The molecular weight excluding hydrogens is 716 g/mol. The van der Waals surface area contributed by atoms with Gasteiger partial charge in [-0.05, 0) is 62.2 Å². The number of ether oxygens (including phenoxy) is 6. The van der Waals surface area contributed by atoms with Crippen LogP contribution in [0.2, 0.25) is 0 Å². The SMILES string of the molecule is CCOC(=O)C1=C(C)N=c2s/c(=C/c3cc(Br)cc(OC)c3OCc3ccccc3)c(=O)n2[C@H]1c1ccc(OCC(=O)OC)c(OCC)c1. The summed E-state index contributed by atoms with van der Waals surface area (Å²) < 4.78 is 36.1. The van der Waals surface area contributed by atoms with Gasteiger partial charge in [-0.15, -0.1) is 0 Å². The molecule has 0 saturated carbocycles. The van der Waals surface area contributed by atoms with Crippen molar-refractivity contribution in [2.75, 3.05) is 34.0 Å². The fraction of sp³-hybridized carbons (Fsp3) is 0.278. The topological polar surface area (TPSA) is 124 Å². The summed E-state index contributed by atoms with van der Waals surface area (Å²) in [4.78, 5) is 44.6. The van der Waals surface area contributed by atoms with Crippen molar-refractivity contribution in [3.63, 3.8) is 0 Å². The second-order valence-electron chi connectivity index (χ2n) is 10.6. The molecule has 49 heavy (non-hydrogen) atoms. The highest BCUT2D eigenvalue weighted by atomic mass is 79.9. The monoisotopic (exact) mass is 750 g/mol. The number of thiazole rings is 1. The number of rotatable bonds is 13. The van der Waals surface area contributed by atoms with Crippen molar-refractivity contribution in [3.8, 4) is 23.0 Å². The van der Waals surface area contributed by atoms with Crippen LogP contribution in [0.5, 0.6) is 23.0 Å². The van der Waals surface area contributed by atoms with E-state index in [2.05, 4.69) is 20.9 Å². The van der Waals surface area contributed by atoms with E-state index in [4.69, 9.17) is 28.4 Å². The molecule has 1 aromatic heterocycles. The van der Waals surface area contributed by atoms with Gasteiger partial charge in [0.25, 0.3) is 5.56 Å². The minimum atomic E-state index is -0.905. The second-order valence-corrected chi connectivity index (χ2v) is 12.5. The van der Waals surface area contributed by atoms with Gasteiger partial charge in [0.1, 0.15) is 6.61 Å². The van der Waals surface area contributed by atoms with Crippen molar-refractivity contribution in [2.45, 2.75) is 33.4 Å². The third-order valence-corrected chi connectivity index (χ3v) is 8.90. The largest absolute Gasteiger partial charge is 0.493 e. The average Bonchev–Trinajstić information content (AvgIpc) is 3.40. The molecule has 0 amide bonds. The number of aromatic nitrogens is 1. The van der Waals surface area contributed by atoms with Crippen LogP contribution in [0, 0.1) is 0 Å². The van der Waals surface area contributed by atoms with Gasteiger partial charge in [0.15, 0.2) is 34.4 Å². The maximum atomic E-state index is 14.4. The molecule has 1 atom stereocenters. The smallest absolute Gasteiger partial charge is 0.343 e. The highest BCUT2D eigenvalue weighted by molar-refractivity contribution is 9.10. The van der Waals surface area contributed by atoms with E-state index in [1.165, 1.54) is 23.0 Å². The van der Waals surface area contributed by atoms with Gasteiger partial charge in [0, 0.05) is 10.0 Å². The lowest BCUT2D eigenvalue weighted by molar-refractivity contribution is -0.143. The lowest BCUT2D eigenvalue weighted by atomic mass is 9.95. The zero-order valence-electron chi connectivity index (χ0n) is 27.6. The van der Waals surface area contributed by atoms with Crippen LogP contribution in [0.1, 0.15) is 43.5 Å². The molecule has 0 bridgehead atoms. The predicted molar refractivity (Wildman–Crippen MR) is 187 cm³/mol. The van der Waals surface area contributed by atoms with Crippen LogP contribution in [0.25, 0.3) is 6.08 Å². The Bertz CT molecular complexity index is 2070. The molecule has 0 aliphatic carbocycles. The van der Waals surface area contributed by atoms with Crippen molar-refractivity contribution in [3.05, 3.63) is 113 Å². The van der Waals surface area contributed by atoms with E-state index in [1.54, 1.807) is 51.3 Å². The molecular formula is C36H35BrN2O9S. The van der Waals surface area contributed by atoms with Gasteiger partial charge in [-0.3, -0.25) is 9.36 Å². The average molecular weight is 752 g/mol. The molecule has 0 N–H and O–H groups in total. The van der Waals surface area contributed by atoms with E-state index in [-0.39, 0.29) is 31.0 Å². The second kappa shape index (κ2) is 16.0. The fourth-order valence-electron chi connectivity index (χ4n) is 5.26. The van der Waals surface area contributed by atoms with Gasteiger partial charge in [-0.25, -0.2) is 14.6 Å². The molecule has 13 heteroatoms. The van der Waals surface area contributed by atoms with Crippen LogP contribution < -0.4 is 33.8 Å². The summed E-state index contributed by atoms with van der Waals surface area (Å²) in [6.07, 6.45) is 1.73. The van der Waals surface area contributed by atoms with Gasteiger partial charge in [-0.1, -0.05) is 63.7 Å². The van der Waals surface area contributed by atoms with Crippen LogP contribution in [0.4, 0.5) is 0 Å². The lowest BCUT2D eigenvalue weighted by Gasteiger charge is -2.25. The summed E-state index contributed by atoms with van der Waals surface area (Å²) in [6, 6.07) is 17.5. The van der Waals surface area contributed by atoms with Gasteiger partial charge in [0.2, 0.25) is 0 Å². The molecule has 0 spiro atoms. The van der Waals surface area contributed by atoms with Gasteiger partial charge in [-0.2, -0.15) is 0 Å². The van der Waals surface area contributed by atoms with Crippen molar-refractivity contribution < 1.29 is 38.0 Å². The molecule has 1 aliphatic rings. The number of esters is 2. The Morgan fingerprint density at radius 1 is 0.959 bits per heavy atom. The standard InChI is InChI=1S/C36H35BrN2O9S/c1-6-45-27-16-23(13-14-26(27)47-20-30(40)44-5)32-31(35(42)46-7-2)21(3)38-36-39(32)34(41)29(49-36)17-24-15-25(37)18-28(43-4)33(24)48-19-22-11-9-8-10-12-22/h8-18,32H,6-7,19-20H2,1-5H3/b29-17+/t32-/m0/s1. The minimum absolute atomic E-state index is 0.133. The summed E-state index contributed by atoms with van der Waals surface area (Å²) in [5, 5.41) is 0. The molecule has 0 saturated heterocycles. The van der Waals surface area contributed by atoms with Crippen molar-refractivity contribution in [2.24, 2.45) is 4.99 Å². The van der Waals surface area contributed by atoms with Crippen LogP contribution >= 0.6 is 27.3 Å². The summed E-state index contributed by atoms with van der Waals surface area (Å²) in [5.41, 5.74) is 2.37. The number of carbonyl (C=O) groups is 2. The zero-order chi connectivity index (χ0) is 35.1. The Kier molecular flexibility index (Phi) is 11.6. The Morgan fingerprint density at radius 3 is 2.43 bits per heavy atom. The quantitative estimate of drug-likeness (QED) is 0.172. The van der Waals surface area contributed by atoms with Crippen LogP contribution in [-0.2, 0) is 25.7 Å². The van der Waals surface area contributed by atoms with Crippen LogP contribution in [-0.4, -0.2) is 50.5 Å². The molecule has 11 nitrogen and oxygen atoms in total. The molecule has 4 aromatic rings. The highest BCUT2D eigenvalue weighted by Crippen LogP contribution is 2.38. The van der Waals surface area contributed by atoms with Crippen LogP contribution in [0.15, 0.2) is 86.2 Å². The molecule has 0 fully saturated rings. The van der Waals surface area contributed by atoms with E-state index < -0.39 is 18.0 Å². The molecule has 3 aromatic carbocycles. The Hall–Kier alpha value is -4.88. The number of halogens is 1. The number of nitrogens with zero attached hydrogens (tertiary/aromatic N) is 2. The minimum Gasteiger partial charge on any atom is -0.493 e. The maximum absolute atomic E-state index is 14.4. The number of methoxy groups -OCH3 is 2. The Morgan fingerprint density at radius 2 is 1.73 bits per heavy atom. The summed E-state index contributed by atoms with van der Waals surface area (Å²) in [6.45, 7) is 5.62. The summed E-state index contributed by atoms with van der Waals surface area (Å²) in [5.74, 6) is 0.419. The highest BCUT2D eigenvalue weighted by Gasteiger charge is 2.34. The third kappa shape index (κ3) is 7.89. The maximum Gasteiger partial charge on any atom is 0.343 e. The van der Waals surface area contributed by atoms with Gasteiger partial charge < -0.3 is 28.4 Å². The lowest BCUT2D eigenvalue weighted by Crippen LogP contribution is -2.40. The Labute approximate surface area is 295 Å². The molecule has 2 heterocycles. The molecule has 256 valence electrons. The first kappa shape index (κ1) is 35.4. The van der Waals surface area contributed by atoms with Crippen molar-refractivity contribution in [1.29, 1.82) is 0 Å². The summed E-state index contributed by atoms with van der Waals surface area (Å²) in [7, 11) is 2.82. The number of benzene rings is 3. The first-order chi connectivity index (χ1) is 23.7. The van der Waals surface area contributed by atoms with E-state index in [0.717, 1.165) is 10.0 Å². The zero-order valence-corrected chi connectivity index (χ0v) is 30.0. The van der Waals surface area contributed by atoms with E-state index in [9.17, 15) is 14.4 Å². The first-order valence-corrected chi connectivity index (χ1v) is 17.0. The number of hydrogen-bond donors (Lipinski definition) is 0. The number of hydrogen-bond acceptors (Lipinski definition) is 11. The summed E-state index contributed by atoms with van der Waals surface area (Å²) >= 11 is 4.73. The van der Waals surface area contributed by atoms with Crippen molar-refractivity contribution in [1.82, 2.24) is 4.57 Å².